The molecule has 4 saturated carbocycles. The molecule has 3 N–H and O–H groups in total. The van der Waals surface area contributed by atoms with E-state index in [2.05, 4.69) is 34.6 Å². The summed E-state index contributed by atoms with van der Waals surface area (Å²) < 4.78 is 0. The van der Waals surface area contributed by atoms with E-state index in [0.29, 0.717) is 35.5 Å². The largest absolute Gasteiger partial charge is 0.393 e. The number of hydrogen-bond donors (Lipinski definition) is 3. The van der Waals surface area contributed by atoms with Gasteiger partial charge in [0.15, 0.2) is 0 Å². The molecule has 30 heavy (non-hydrogen) atoms. The normalized spacial score (nSPS) is 51.9. The van der Waals surface area contributed by atoms with Crippen LogP contribution in [-0.4, -0.2) is 33.6 Å². The molecule has 0 heterocycles. The van der Waals surface area contributed by atoms with Crippen molar-refractivity contribution >= 4 is 0 Å². The lowest BCUT2D eigenvalue weighted by Gasteiger charge is -2.63. The topological polar surface area (TPSA) is 60.7 Å². The second-order valence-electron chi connectivity index (χ2n) is 12.8. The van der Waals surface area contributed by atoms with Crippen LogP contribution >= 0.6 is 0 Å². The summed E-state index contributed by atoms with van der Waals surface area (Å²) in [4.78, 5) is 0. The van der Waals surface area contributed by atoms with Crippen molar-refractivity contribution in [2.75, 3.05) is 0 Å². The second-order valence-corrected chi connectivity index (χ2v) is 12.8. The highest BCUT2D eigenvalue weighted by Crippen LogP contribution is 2.68. The SMILES string of the molecule is CC(C)CCCC(C)C1CCC2C3C(O)CC4CC(O)CCC4(C)C3C[C@@H](O)C12C. The average molecular weight is 421 g/mol. The molecule has 0 aromatic heterocycles. The van der Waals surface area contributed by atoms with E-state index in [1.54, 1.807) is 0 Å². The van der Waals surface area contributed by atoms with Crippen LogP contribution in [0.4, 0.5) is 0 Å². The summed E-state index contributed by atoms with van der Waals surface area (Å²) in [6.45, 7) is 11.8. The fourth-order valence-electron chi connectivity index (χ4n) is 9.18. The third-order valence-corrected chi connectivity index (χ3v) is 11.0. The van der Waals surface area contributed by atoms with Crippen molar-refractivity contribution in [2.24, 2.45) is 52.3 Å². The molecule has 4 rings (SSSR count). The second kappa shape index (κ2) is 8.34. The average Bonchev–Trinajstić information content (AvgIpc) is 3.02. The standard InChI is InChI=1S/C27H48O3/c1-16(2)7-6-8-17(3)20-9-10-21-25-22(15-24(30)27(20,21)5)26(4)12-11-19(28)13-18(26)14-23(25)29/h16-25,28-30H,6-15H2,1-5H3/t17?,18?,19?,20?,21?,22?,23?,24-,25?,26?,27?/m1/s1. The van der Waals surface area contributed by atoms with E-state index in [4.69, 9.17) is 0 Å². The minimum Gasteiger partial charge on any atom is -0.393 e. The Hall–Kier alpha value is -0.120. The van der Waals surface area contributed by atoms with Gasteiger partial charge in [0.25, 0.3) is 0 Å². The van der Waals surface area contributed by atoms with Gasteiger partial charge in [0.2, 0.25) is 0 Å². The minimum absolute atomic E-state index is 0.0449. The molecule has 0 amide bonds. The summed E-state index contributed by atoms with van der Waals surface area (Å²) in [6, 6.07) is 0. The molecule has 3 heteroatoms. The zero-order valence-electron chi connectivity index (χ0n) is 20.2. The van der Waals surface area contributed by atoms with Gasteiger partial charge in [0, 0.05) is 0 Å². The van der Waals surface area contributed by atoms with E-state index >= 15 is 0 Å². The van der Waals surface area contributed by atoms with Crippen LogP contribution in [0.15, 0.2) is 0 Å². The van der Waals surface area contributed by atoms with Gasteiger partial charge in [-0.2, -0.15) is 0 Å². The van der Waals surface area contributed by atoms with Crippen LogP contribution < -0.4 is 0 Å². The van der Waals surface area contributed by atoms with E-state index in [1.807, 2.05) is 0 Å². The molecule has 174 valence electrons. The Labute approximate surface area is 185 Å². The first-order chi connectivity index (χ1) is 14.1. The van der Waals surface area contributed by atoms with Crippen LogP contribution in [0.3, 0.4) is 0 Å². The van der Waals surface area contributed by atoms with Gasteiger partial charge in [-0.15, -0.1) is 0 Å². The first kappa shape index (κ1) is 23.1. The molecule has 4 aliphatic rings. The van der Waals surface area contributed by atoms with Crippen molar-refractivity contribution < 1.29 is 15.3 Å². The summed E-state index contributed by atoms with van der Waals surface area (Å²) in [5.41, 5.74) is 0.128. The summed E-state index contributed by atoms with van der Waals surface area (Å²) in [6.07, 6.45) is 10.0. The first-order valence-corrected chi connectivity index (χ1v) is 13.1. The van der Waals surface area contributed by atoms with E-state index < -0.39 is 0 Å². The quantitative estimate of drug-likeness (QED) is 0.557. The summed E-state index contributed by atoms with van der Waals surface area (Å²) in [7, 11) is 0. The molecule has 0 aromatic rings. The van der Waals surface area contributed by atoms with Gasteiger partial charge < -0.3 is 15.3 Å². The molecular formula is C27H48O3. The van der Waals surface area contributed by atoms with Crippen molar-refractivity contribution in [3.05, 3.63) is 0 Å². The highest BCUT2D eigenvalue weighted by atomic mass is 16.3. The third-order valence-electron chi connectivity index (χ3n) is 11.0. The Morgan fingerprint density at radius 2 is 1.60 bits per heavy atom. The number of aliphatic hydroxyl groups is 3. The summed E-state index contributed by atoms with van der Waals surface area (Å²) >= 11 is 0. The molecule has 0 spiro atoms. The summed E-state index contributed by atoms with van der Waals surface area (Å²) in [5, 5.41) is 33.2. The van der Waals surface area contributed by atoms with E-state index in [0.717, 1.165) is 38.0 Å². The molecule has 4 aliphatic carbocycles. The number of fused-ring (bicyclic) bond motifs is 5. The molecule has 0 aromatic carbocycles. The first-order valence-electron chi connectivity index (χ1n) is 13.1. The van der Waals surface area contributed by atoms with Gasteiger partial charge in [-0.1, -0.05) is 53.9 Å². The van der Waals surface area contributed by atoms with E-state index in [-0.39, 0.29) is 29.1 Å². The Bertz CT molecular complexity index is 605. The fourth-order valence-corrected chi connectivity index (χ4v) is 9.18. The van der Waals surface area contributed by atoms with Crippen molar-refractivity contribution in [2.45, 2.75) is 117 Å². The third kappa shape index (κ3) is 3.59. The lowest BCUT2D eigenvalue weighted by molar-refractivity contribution is -0.207. The Morgan fingerprint density at radius 1 is 0.867 bits per heavy atom. The molecule has 0 radical (unpaired) electrons. The van der Waals surface area contributed by atoms with Gasteiger partial charge in [-0.3, -0.25) is 0 Å². The maximum atomic E-state index is 11.6. The van der Waals surface area contributed by atoms with Crippen molar-refractivity contribution in [1.29, 1.82) is 0 Å². The molecule has 10 unspecified atom stereocenters. The molecule has 0 bridgehead atoms. The van der Waals surface area contributed by atoms with Gasteiger partial charge >= 0.3 is 0 Å². The Balaban J connectivity index is 1.56. The van der Waals surface area contributed by atoms with Crippen LogP contribution in [0.5, 0.6) is 0 Å². The lowest BCUT2D eigenvalue weighted by Crippen LogP contribution is -2.62. The molecule has 11 atom stereocenters. The van der Waals surface area contributed by atoms with Gasteiger partial charge in [-0.05, 0) is 97.2 Å². The van der Waals surface area contributed by atoms with Crippen LogP contribution in [0.1, 0.15) is 98.8 Å². The highest BCUT2D eigenvalue weighted by molar-refractivity contribution is 5.14. The van der Waals surface area contributed by atoms with Crippen LogP contribution in [-0.2, 0) is 0 Å². The van der Waals surface area contributed by atoms with Crippen molar-refractivity contribution in [3.63, 3.8) is 0 Å². The molecule has 0 saturated heterocycles. The molecular weight excluding hydrogens is 372 g/mol. The maximum absolute atomic E-state index is 11.6. The van der Waals surface area contributed by atoms with Crippen molar-refractivity contribution in [3.8, 4) is 0 Å². The monoisotopic (exact) mass is 420 g/mol. The zero-order chi connectivity index (χ0) is 21.8. The minimum atomic E-state index is -0.259. The number of aliphatic hydroxyl groups excluding tert-OH is 3. The number of rotatable bonds is 5. The van der Waals surface area contributed by atoms with Crippen LogP contribution in [0.2, 0.25) is 0 Å². The molecule has 3 nitrogen and oxygen atoms in total. The predicted molar refractivity (Wildman–Crippen MR) is 122 cm³/mol. The van der Waals surface area contributed by atoms with Crippen LogP contribution in [0.25, 0.3) is 0 Å². The number of hydrogen-bond acceptors (Lipinski definition) is 3. The Morgan fingerprint density at radius 3 is 2.30 bits per heavy atom. The smallest absolute Gasteiger partial charge is 0.0602 e. The van der Waals surface area contributed by atoms with Crippen molar-refractivity contribution in [1.82, 2.24) is 0 Å². The predicted octanol–water partition coefficient (Wildman–Crippen LogP) is 5.41. The summed E-state index contributed by atoms with van der Waals surface area (Å²) in [5.74, 6) is 3.59. The van der Waals surface area contributed by atoms with Gasteiger partial charge in [0.05, 0.1) is 18.3 Å². The van der Waals surface area contributed by atoms with Gasteiger partial charge in [0.1, 0.15) is 0 Å². The van der Waals surface area contributed by atoms with Crippen LogP contribution in [0, 0.1) is 52.3 Å². The lowest BCUT2D eigenvalue weighted by atomic mass is 9.43. The zero-order valence-corrected chi connectivity index (χ0v) is 20.2. The van der Waals surface area contributed by atoms with E-state index in [9.17, 15) is 15.3 Å². The molecule has 0 aliphatic heterocycles. The molecule has 4 fully saturated rings. The fraction of sp³-hybridized carbons (Fsp3) is 1.00. The Kier molecular flexibility index (Phi) is 6.41. The highest BCUT2D eigenvalue weighted by Gasteiger charge is 2.65. The maximum Gasteiger partial charge on any atom is 0.0602 e. The van der Waals surface area contributed by atoms with Gasteiger partial charge in [-0.25, -0.2) is 0 Å². The van der Waals surface area contributed by atoms with E-state index in [1.165, 1.54) is 32.1 Å².